The summed E-state index contributed by atoms with van der Waals surface area (Å²) >= 11 is 3.38. The molecule has 0 saturated carbocycles. The molecule has 2 heterocycles. The number of carbonyl (C=O) groups is 2. The third-order valence-corrected chi connectivity index (χ3v) is 8.52. The number of fused-ring (bicyclic) bond motifs is 1. The molecule has 1 N–H and O–H groups in total. The number of rotatable bonds is 9. The molecular formula is C32H27IN2O7S. The molecular weight excluding hydrogens is 683 g/mol. The molecule has 1 aromatic heterocycles. The van der Waals surface area contributed by atoms with Crippen LogP contribution >= 0.6 is 33.9 Å². The number of aromatic nitrogens is 1. The first kappa shape index (κ1) is 30.2. The largest absolute Gasteiger partial charge is 0.493 e. The van der Waals surface area contributed by atoms with Gasteiger partial charge in [-0.05, 0) is 83.5 Å². The molecule has 0 aliphatic carbocycles. The minimum absolute atomic E-state index is 0.146. The number of aromatic carboxylic acids is 1. The molecule has 0 spiro atoms. The highest BCUT2D eigenvalue weighted by Gasteiger charge is 2.33. The van der Waals surface area contributed by atoms with Crippen molar-refractivity contribution in [2.45, 2.75) is 26.5 Å². The van der Waals surface area contributed by atoms with E-state index in [2.05, 4.69) is 27.6 Å². The lowest BCUT2D eigenvalue weighted by Gasteiger charge is -2.24. The van der Waals surface area contributed by atoms with Crippen LogP contribution < -0.4 is 24.4 Å². The van der Waals surface area contributed by atoms with Crippen LogP contribution in [0.15, 0.2) is 87.8 Å². The highest BCUT2D eigenvalue weighted by atomic mass is 127. The summed E-state index contributed by atoms with van der Waals surface area (Å²) in [7, 11) is 1.53. The van der Waals surface area contributed by atoms with Crippen molar-refractivity contribution in [3.63, 3.8) is 0 Å². The van der Waals surface area contributed by atoms with Crippen LogP contribution in [0.25, 0.3) is 6.08 Å². The molecule has 1 aliphatic rings. The van der Waals surface area contributed by atoms with Crippen LogP contribution in [0.1, 0.15) is 46.9 Å². The Labute approximate surface area is 264 Å². The number of nitrogens with zero attached hydrogens (tertiary/aromatic N) is 2. The number of esters is 1. The van der Waals surface area contributed by atoms with E-state index in [1.165, 1.54) is 24.5 Å². The van der Waals surface area contributed by atoms with Crippen LogP contribution in [0.4, 0.5) is 0 Å². The molecule has 5 rings (SSSR count). The van der Waals surface area contributed by atoms with Gasteiger partial charge in [-0.3, -0.25) is 9.36 Å². The van der Waals surface area contributed by atoms with E-state index in [0.29, 0.717) is 43.2 Å². The summed E-state index contributed by atoms with van der Waals surface area (Å²) in [6.45, 7) is 3.84. The van der Waals surface area contributed by atoms with Crippen molar-refractivity contribution < 1.29 is 28.9 Å². The number of halogens is 1. The van der Waals surface area contributed by atoms with Crippen LogP contribution in [-0.4, -0.2) is 35.3 Å². The number of ether oxygens (including phenoxy) is 3. The Kier molecular flexibility index (Phi) is 9.11. The molecule has 220 valence electrons. The molecule has 9 nitrogen and oxygen atoms in total. The average Bonchev–Trinajstić information content (AvgIpc) is 3.29. The smallest absolute Gasteiger partial charge is 0.338 e. The lowest BCUT2D eigenvalue weighted by atomic mass is 9.96. The maximum atomic E-state index is 13.9. The SMILES string of the molecule is CCOC(=O)C1=C(C)N=c2s/c(=C\c3cc(I)c(OCc4cccc(C(=O)O)c4)c(OC)c3)c(=O)n2[C@@H]1c1ccccc1. The number of hydrogen-bond donors (Lipinski definition) is 1. The number of carbonyl (C=O) groups excluding carboxylic acids is 1. The number of thiazole rings is 1. The van der Waals surface area contributed by atoms with E-state index in [-0.39, 0.29) is 24.3 Å². The number of carboxylic acid groups (broad SMARTS) is 1. The molecule has 4 aromatic rings. The molecule has 0 bridgehead atoms. The summed E-state index contributed by atoms with van der Waals surface area (Å²) in [5, 5.41) is 9.27. The maximum Gasteiger partial charge on any atom is 0.338 e. The fraction of sp³-hybridized carbons (Fsp3) is 0.188. The summed E-state index contributed by atoms with van der Waals surface area (Å²) in [5.41, 5.74) is 2.93. The van der Waals surface area contributed by atoms with Crippen LogP contribution in [0.3, 0.4) is 0 Å². The van der Waals surface area contributed by atoms with Crippen molar-refractivity contribution in [2.24, 2.45) is 4.99 Å². The Hall–Kier alpha value is -4.23. The van der Waals surface area contributed by atoms with Crippen molar-refractivity contribution >= 4 is 51.9 Å². The van der Waals surface area contributed by atoms with Crippen molar-refractivity contribution in [1.82, 2.24) is 4.57 Å². The zero-order valence-electron chi connectivity index (χ0n) is 23.5. The second kappa shape index (κ2) is 13.0. The van der Waals surface area contributed by atoms with E-state index in [9.17, 15) is 19.5 Å². The fourth-order valence-corrected chi connectivity index (χ4v) is 6.63. The summed E-state index contributed by atoms with van der Waals surface area (Å²) < 4.78 is 19.7. The average molecular weight is 711 g/mol. The van der Waals surface area contributed by atoms with E-state index in [0.717, 1.165) is 9.13 Å². The first-order valence-corrected chi connectivity index (χ1v) is 15.2. The minimum Gasteiger partial charge on any atom is -0.493 e. The highest BCUT2D eigenvalue weighted by Crippen LogP contribution is 2.35. The van der Waals surface area contributed by atoms with E-state index in [1.807, 2.05) is 36.4 Å². The van der Waals surface area contributed by atoms with Crippen molar-refractivity contribution in [3.05, 3.63) is 124 Å². The van der Waals surface area contributed by atoms with Gasteiger partial charge in [0.25, 0.3) is 5.56 Å². The minimum atomic E-state index is -1.01. The molecule has 43 heavy (non-hydrogen) atoms. The topological polar surface area (TPSA) is 116 Å². The van der Waals surface area contributed by atoms with E-state index < -0.39 is 18.0 Å². The maximum absolute atomic E-state index is 13.9. The van der Waals surface area contributed by atoms with Crippen LogP contribution in [0.5, 0.6) is 11.5 Å². The standard InChI is InChI=1S/C32H27IN2O7S/c1-4-41-31(39)26-18(2)34-32-35(27(26)21-10-6-5-7-11-21)29(36)25(43-32)16-20-14-23(33)28(24(15-20)40-3)42-17-19-9-8-12-22(13-19)30(37)38/h5-16,27H,4,17H2,1-3H3,(H,37,38)/b25-16-/t27-/m1/s1. The Morgan fingerprint density at radius 2 is 1.88 bits per heavy atom. The molecule has 0 amide bonds. The number of benzene rings is 3. The molecule has 0 unspecified atom stereocenters. The van der Waals surface area contributed by atoms with Gasteiger partial charge in [0.05, 0.1) is 44.7 Å². The van der Waals surface area contributed by atoms with Gasteiger partial charge in [-0.25, -0.2) is 14.6 Å². The second-order valence-corrected chi connectivity index (χ2v) is 11.7. The Bertz CT molecular complexity index is 1930. The number of carboxylic acids is 1. The predicted octanol–water partition coefficient (Wildman–Crippen LogP) is 4.69. The first-order chi connectivity index (χ1) is 20.7. The van der Waals surface area contributed by atoms with Gasteiger partial charge in [-0.2, -0.15) is 0 Å². The highest BCUT2D eigenvalue weighted by molar-refractivity contribution is 14.1. The van der Waals surface area contributed by atoms with E-state index in [4.69, 9.17) is 14.2 Å². The molecule has 11 heteroatoms. The third-order valence-electron chi connectivity index (χ3n) is 6.74. The van der Waals surface area contributed by atoms with Crippen molar-refractivity contribution in [3.8, 4) is 11.5 Å². The van der Waals surface area contributed by atoms with Gasteiger partial charge in [-0.1, -0.05) is 53.8 Å². The summed E-state index contributed by atoms with van der Waals surface area (Å²) in [5.74, 6) is -0.549. The van der Waals surface area contributed by atoms with Crippen molar-refractivity contribution in [2.75, 3.05) is 13.7 Å². The monoisotopic (exact) mass is 710 g/mol. The molecule has 0 radical (unpaired) electrons. The van der Waals surface area contributed by atoms with Crippen molar-refractivity contribution in [1.29, 1.82) is 0 Å². The van der Waals surface area contributed by atoms with Gasteiger partial charge >= 0.3 is 11.9 Å². The Balaban J connectivity index is 1.54. The summed E-state index contributed by atoms with van der Waals surface area (Å²) in [6.07, 6.45) is 1.76. The summed E-state index contributed by atoms with van der Waals surface area (Å²) in [6, 6.07) is 18.9. The van der Waals surface area contributed by atoms with Crippen LogP contribution in [-0.2, 0) is 16.1 Å². The van der Waals surface area contributed by atoms with E-state index in [1.54, 1.807) is 48.8 Å². The van der Waals surface area contributed by atoms with Gasteiger partial charge in [-0.15, -0.1) is 0 Å². The quantitative estimate of drug-likeness (QED) is 0.198. The molecule has 0 fully saturated rings. The van der Waals surface area contributed by atoms with Crippen LogP contribution in [0, 0.1) is 3.57 Å². The van der Waals surface area contributed by atoms with Gasteiger partial charge in [0.2, 0.25) is 0 Å². The zero-order chi connectivity index (χ0) is 30.7. The fourth-order valence-electron chi connectivity index (χ4n) is 4.81. The molecule has 1 aliphatic heterocycles. The normalized spacial score (nSPS) is 14.6. The zero-order valence-corrected chi connectivity index (χ0v) is 26.5. The van der Waals surface area contributed by atoms with E-state index >= 15 is 0 Å². The lowest BCUT2D eigenvalue weighted by Crippen LogP contribution is -2.39. The number of methoxy groups -OCH3 is 1. The van der Waals surface area contributed by atoms with Gasteiger partial charge in [0.1, 0.15) is 6.61 Å². The third kappa shape index (κ3) is 6.27. The van der Waals surface area contributed by atoms with Gasteiger partial charge in [0.15, 0.2) is 16.3 Å². The van der Waals surface area contributed by atoms with Gasteiger partial charge < -0.3 is 19.3 Å². The second-order valence-electron chi connectivity index (χ2n) is 9.54. The predicted molar refractivity (Wildman–Crippen MR) is 170 cm³/mol. The lowest BCUT2D eigenvalue weighted by molar-refractivity contribution is -0.139. The Morgan fingerprint density at radius 1 is 1.12 bits per heavy atom. The number of hydrogen-bond acceptors (Lipinski definition) is 8. The summed E-state index contributed by atoms with van der Waals surface area (Å²) in [4.78, 5) is 43.3. The molecule has 1 atom stereocenters. The Morgan fingerprint density at radius 3 is 2.58 bits per heavy atom. The first-order valence-electron chi connectivity index (χ1n) is 13.3. The number of allylic oxidation sites excluding steroid dienone is 1. The molecule has 0 saturated heterocycles. The van der Waals surface area contributed by atoms with Crippen LogP contribution in [0.2, 0.25) is 0 Å². The molecule has 3 aromatic carbocycles. The van der Waals surface area contributed by atoms with Gasteiger partial charge in [0, 0.05) is 0 Å².